The fourth-order valence-corrected chi connectivity index (χ4v) is 2.09. The molecule has 1 saturated carbocycles. The molecule has 2 rings (SSSR count). The van der Waals surface area contributed by atoms with E-state index in [-0.39, 0.29) is 29.4 Å². The Kier molecular flexibility index (Phi) is 3.96. The molecular weight excluding hydrogens is 260 g/mol. The first-order chi connectivity index (χ1) is 9.43. The SMILES string of the molecule is COC(=O)C(=NC(C)C)C(=O)C1CC1c1cn(C)nn1. The van der Waals surface area contributed by atoms with Crippen LogP contribution in [0.25, 0.3) is 0 Å². The topological polar surface area (TPSA) is 86.4 Å². The lowest BCUT2D eigenvalue weighted by Crippen LogP contribution is -2.28. The van der Waals surface area contributed by atoms with Crippen molar-refractivity contribution < 1.29 is 14.3 Å². The number of aromatic nitrogens is 3. The van der Waals surface area contributed by atoms with Crippen LogP contribution < -0.4 is 0 Å². The van der Waals surface area contributed by atoms with Gasteiger partial charge in [0, 0.05) is 31.1 Å². The van der Waals surface area contributed by atoms with Gasteiger partial charge in [-0.15, -0.1) is 5.10 Å². The molecule has 0 spiro atoms. The average Bonchev–Trinajstić information content (AvgIpc) is 3.09. The fraction of sp³-hybridized carbons (Fsp3) is 0.615. The number of rotatable bonds is 5. The summed E-state index contributed by atoms with van der Waals surface area (Å²) in [6.45, 7) is 3.62. The molecule has 7 nitrogen and oxygen atoms in total. The van der Waals surface area contributed by atoms with Crippen LogP contribution in [0.15, 0.2) is 11.2 Å². The normalized spacial score (nSPS) is 21.9. The smallest absolute Gasteiger partial charge is 0.359 e. The van der Waals surface area contributed by atoms with E-state index in [0.29, 0.717) is 6.42 Å². The standard InChI is InChI=1S/C13H18N4O3/c1-7(2)14-11(13(19)20-4)12(18)9-5-8(9)10-6-17(3)16-15-10/h6-9H,5H2,1-4H3. The predicted octanol–water partition coefficient (Wildman–Crippen LogP) is 0.510. The highest BCUT2D eigenvalue weighted by Crippen LogP contribution is 2.47. The molecule has 0 saturated heterocycles. The zero-order valence-corrected chi connectivity index (χ0v) is 12.0. The third-order valence-electron chi connectivity index (χ3n) is 3.13. The third-order valence-corrected chi connectivity index (χ3v) is 3.13. The van der Waals surface area contributed by atoms with E-state index in [9.17, 15) is 9.59 Å². The molecule has 1 fully saturated rings. The molecule has 2 unspecified atom stereocenters. The van der Waals surface area contributed by atoms with Crippen molar-refractivity contribution in [3.05, 3.63) is 11.9 Å². The molecule has 1 aliphatic carbocycles. The first-order valence-corrected chi connectivity index (χ1v) is 6.50. The Labute approximate surface area is 117 Å². The largest absolute Gasteiger partial charge is 0.464 e. The van der Waals surface area contributed by atoms with Crippen molar-refractivity contribution in [2.75, 3.05) is 7.11 Å². The molecule has 1 aliphatic rings. The number of ether oxygens (including phenoxy) is 1. The number of carbonyl (C=O) groups excluding carboxylic acids is 2. The summed E-state index contributed by atoms with van der Waals surface area (Å²) >= 11 is 0. The van der Waals surface area contributed by atoms with E-state index in [2.05, 4.69) is 20.0 Å². The Morgan fingerprint density at radius 3 is 2.70 bits per heavy atom. The second-order valence-electron chi connectivity index (χ2n) is 5.19. The number of Topliss-reactive ketones (excluding diaryl/α,β-unsaturated/α-hetero) is 1. The Morgan fingerprint density at radius 2 is 2.20 bits per heavy atom. The van der Waals surface area contributed by atoms with Gasteiger partial charge in [-0.2, -0.15) is 0 Å². The molecule has 7 heteroatoms. The number of nitrogens with zero attached hydrogens (tertiary/aromatic N) is 4. The minimum absolute atomic E-state index is 0.0261. The summed E-state index contributed by atoms with van der Waals surface area (Å²) in [5.74, 6) is -1.16. The molecule has 1 heterocycles. The summed E-state index contributed by atoms with van der Waals surface area (Å²) in [5.41, 5.74) is 0.679. The molecule has 0 aliphatic heterocycles. The van der Waals surface area contributed by atoms with E-state index < -0.39 is 5.97 Å². The molecule has 2 atom stereocenters. The quantitative estimate of drug-likeness (QED) is 0.445. The van der Waals surface area contributed by atoms with Crippen molar-refractivity contribution in [1.82, 2.24) is 15.0 Å². The highest BCUT2D eigenvalue weighted by molar-refractivity contribution is 6.65. The van der Waals surface area contributed by atoms with Gasteiger partial charge in [-0.25, -0.2) is 4.79 Å². The Bertz CT molecular complexity index is 562. The van der Waals surface area contributed by atoms with Crippen LogP contribution in [0.3, 0.4) is 0 Å². The summed E-state index contributed by atoms with van der Waals surface area (Å²) < 4.78 is 6.23. The monoisotopic (exact) mass is 278 g/mol. The molecule has 20 heavy (non-hydrogen) atoms. The minimum atomic E-state index is -0.673. The van der Waals surface area contributed by atoms with Crippen molar-refractivity contribution in [2.24, 2.45) is 18.0 Å². The summed E-state index contributed by atoms with van der Waals surface area (Å²) in [6, 6.07) is -0.137. The molecule has 1 aromatic rings. The molecule has 0 radical (unpaired) electrons. The van der Waals surface area contributed by atoms with Gasteiger partial charge in [0.1, 0.15) is 0 Å². The van der Waals surface area contributed by atoms with Gasteiger partial charge in [0.25, 0.3) is 0 Å². The van der Waals surface area contributed by atoms with Crippen LogP contribution in [0.2, 0.25) is 0 Å². The van der Waals surface area contributed by atoms with Crippen molar-refractivity contribution in [3.63, 3.8) is 0 Å². The average molecular weight is 278 g/mol. The molecule has 0 aromatic carbocycles. The summed E-state index contributed by atoms with van der Waals surface area (Å²) in [7, 11) is 3.02. The second-order valence-corrected chi connectivity index (χ2v) is 5.19. The van der Waals surface area contributed by atoms with Crippen LogP contribution in [-0.4, -0.2) is 45.6 Å². The maximum absolute atomic E-state index is 12.3. The number of aliphatic imine (C=N–C) groups is 1. The number of methoxy groups -OCH3 is 1. The number of hydrogen-bond acceptors (Lipinski definition) is 6. The highest BCUT2D eigenvalue weighted by atomic mass is 16.5. The maximum atomic E-state index is 12.3. The van der Waals surface area contributed by atoms with Gasteiger partial charge in [0.2, 0.25) is 0 Å². The van der Waals surface area contributed by atoms with Gasteiger partial charge in [-0.1, -0.05) is 5.21 Å². The Morgan fingerprint density at radius 1 is 1.50 bits per heavy atom. The van der Waals surface area contributed by atoms with E-state index in [1.165, 1.54) is 7.11 Å². The van der Waals surface area contributed by atoms with E-state index in [4.69, 9.17) is 0 Å². The van der Waals surface area contributed by atoms with E-state index in [0.717, 1.165) is 5.69 Å². The number of aryl methyl sites for hydroxylation is 1. The number of hydrogen-bond donors (Lipinski definition) is 0. The van der Waals surface area contributed by atoms with Crippen molar-refractivity contribution in [2.45, 2.75) is 32.2 Å². The van der Waals surface area contributed by atoms with Crippen LogP contribution >= 0.6 is 0 Å². The molecular formula is C13H18N4O3. The van der Waals surface area contributed by atoms with Crippen molar-refractivity contribution >= 4 is 17.5 Å². The maximum Gasteiger partial charge on any atom is 0.359 e. The number of carbonyl (C=O) groups is 2. The first kappa shape index (κ1) is 14.4. The lowest BCUT2D eigenvalue weighted by molar-refractivity contribution is -0.133. The second kappa shape index (κ2) is 5.52. The van der Waals surface area contributed by atoms with E-state index in [1.807, 2.05) is 13.8 Å². The van der Waals surface area contributed by atoms with Crippen LogP contribution in [0.5, 0.6) is 0 Å². The first-order valence-electron chi connectivity index (χ1n) is 6.50. The predicted molar refractivity (Wildman–Crippen MR) is 71.4 cm³/mol. The highest BCUT2D eigenvalue weighted by Gasteiger charge is 2.48. The van der Waals surface area contributed by atoms with Crippen LogP contribution in [0.4, 0.5) is 0 Å². The van der Waals surface area contributed by atoms with Gasteiger partial charge < -0.3 is 4.74 Å². The summed E-state index contributed by atoms with van der Waals surface area (Å²) in [4.78, 5) is 28.1. The van der Waals surface area contributed by atoms with Gasteiger partial charge in [0.05, 0.1) is 12.8 Å². The van der Waals surface area contributed by atoms with Crippen molar-refractivity contribution in [1.29, 1.82) is 0 Å². The van der Waals surface area contributed by atoms with Crippen LogP contribution in [-0.2, 0) is 21.4 Å². The zero-order chi connectivity index (χ0) is 14.9. The van der Waals surface area contributed by atoms with Gasteiger partial charge in [-0.3, -0.25) is 14.5 Å². The van der Waals surface area contributed by atoms with Crippen LogP contribution in [0.1, 0.15) is 31.9 Å². The zero-order valence-electron chi connectivity index (χ0n) is 12.0. The van der Waals surface area contributed by atoms with Crippen molar-refractivity contribution in [3.8, 4) is 0 Å². The molecule has 1 aromatic heterocycles. The lowest BCUT2D eigenvalue weighted by Gasteiger charge is -2.05. The fourth-order valence-electron chi connectivity index (χ4n) is 2.09. The van der Waals surface area contributed by atoms with E-state index >= 15 is 0 Å². The van der Waals surface area contributed by atoms with Gasteiger partial charge in [-0.05, 0) is 20.3 Å². The summed E-state index contributed by atoms with van der Waals surface area (Å²) in [5, 5.41) is 7.85. The Hall–Kier alpha value is -2.05. The molecule has 108 valence electrons. The van der Waals surface area contributed by atoms with Gasteiger partial charge in [0.15, 0.2) is 11.5 Å². The molecule has 0 N–H and O–H groups in total. The van der Waals surface area contributed by atoms with E-state index in [1.54, 1.807) is 17.9 Å². The number of ketones is 1. The van der Waals surface area contributed by atoms with Gasteiger partial charge >= 0.3 is 5.97 Å². The minimum Gasteiger partial charge on any atom is -0.464 e. The lowest BCUT2D eigenvalue weighted by atomic mass is 10.1. The molecule has 0 bridgehead atoms. The number of esters is 1. The third kappa shape index (κ3) is 2.92. The Balaban J connectivity index is 2.13. The van der Waals surface area contributed by atoms with Crippen LogP contribution in [0, 0.1) is 5.92 Å². The molecule has 0 amide bonds. The summed E-state index contributed by atoms with van der Waals surface area (Å²) in [6.07, 6.45) is 2.46.